The van der Waals surface area contributed by atoms with Crippen LogP contribution >= 0.6 is 0 Å². The van der Waals surface area contributed by atoms with Crippen LogP contribution in [0.5, 0.6) is 17.2 Å². The van der Waals surface area contributed by atoms with Crippen molar-refractivity contribution in [1.82, 2.24) is 10.2 Å². The molecule has 0 saturated heterocycles. The first-order chi connectivity index (χ1) is 17.2. The number of benzene rings is 2. The lowest BCUT2D eigenvalue weighted by Crippen LogP contribution is -2.40. The van der Waals surface area contributed by atoms with Crippen molar-refractivity contribution in [2.45, 2.75) is 70.8 Å². The summed E-state index contributed by atoms with van der Waals surface area (Å²) >= 11 is 0. The van der Waals surface area contributed by atoms with Crippen molar-refractivity contribution in [2.75, 3.05) is 47.5 Å². The van der Waals surface area contributed by atoms with E-state index in [1.807, 2.05) is 6.07 Å². The number of methoxy groups -OCH3 is 3. The van der Waals surface area contributed by atoms with E-state index >= 15 is 0 Å². The molecule has 0 aliphatic heterocycles. The van der Waals surface area contributed by atoms with Crippen molar-refractivity contribution >= 4 is 0 Å². The van der Waals surface area contributed by atoms with Crippen LogP contribution in [0, 0.1) is 0 Å². The number of unbranched alkanes of at least 4 members (excludes halogenated alkanes) is 3. The topological polar surface area (TPSA) is 43.0 Å². The predicted molar refractivity (Wildman–Crippen MR) is 145 cm³/mol. The SMILES string of the molecule is CCCN(CCCCCCNCCc1ccc(OC)c(OC)c1)C1CCc2c(cccc2OC)C1. The summed E-state index contributed by atoms with van der Waals surface area (Å²) in [6.45, 7) is 6.83. The van der Waals surface area contributed by atoms with Gasteiger partial charge in [0.15, 0.2) is 11.5 Å². The second-order valence-corrected chi connectivity index (χ2v) is 9.63. The average Bonchev–Trinajstić information content (AvgIpc) is 2.90. The van der Waals surface area contributed by atoms with E-state index < -0.39 is 0 Å². The van der Waals surface area contributed by atoms with Crippen LogP contribution in [0.2, 0.25) is 0 Å². The molecule has 0 spiro atoms. The maximum Gasteiger partial charge on any atom is 0.160 e. The van der Waals surface area contributed by atoms with E-state index in [2.05, 4.69) is 47.5 Å². The average molecular weight is 483 g/mol. The minimum atomic E-state index is 0.674. The van der Waals surface area contributed by atoms with E-state index in [1.165, 1.54) is 68.3 Å². The largest absolute Gasteiger partial charge is 0.496 e. The fourth-order valence-corrected chi connectivity index (χ4v) is 5.33. The third-order valence-corrected chi connectivity index (χ3v) is 7.25. The van der Waals surface area contributed by atoms with Gasteiger partial charge in [-0.2, -0.15) is 0 Å². The molecule has 0 fully saturated rings. The van der Waals surface area contributed by atoms with E-state index in [0.29, 0.717) is 6.04 Å². The molecule has 0 saturated carbocycles. The first-order valence-electron chi connectivity index (χ1n) is 13.5. The Hall–Kier alpha value is -2.24. The molecule has 0 amide bonds. The standard InChI is InChI=1S/C30H46N2O3/c1-5-20-32(26-14-15-27-25(23-26)11-10-12-28(27)33-2)21-9-7-6-8-18-31-19-17-24-13-16-29(34-3)30(22-24)35-4/h10-13,16,22,26,31H,5-9,14-15,17-21,23H2,1-4H3. The number of rotatable bonds is 16. The molecule has 3 rings (SSSR count). The van der Waals surface area contributed by atoms with Crippen molar-refractivity contribution in [3.8, 4) is 17.2 Å². The summed E-state index contributed by atoms with van der Waals surface area (Å²) in [6.07, 6.45) is 10.9. The number of nitrogens with one attached hydrogen (secondary N) is 1. The minimum absolute atomic E-state index is 0.674. The molecular weight excluding hydrogens is 436 g/mol. The summed E-state index contributed by atoms with van der Waals surface area (Å²) < 4.78 is 16.3. The first-order valence-corrected chi connectivity index (χ1v) is 13.5. The Morgan fingerprint density at radius 3 is 2.43 bits per heavy atom. The van der Waals surface area contributed by atoms with Gasteiger partial charge in [-0.1, -0.05) is 38.0 Å². The fourth-order valence-electron chi connectivity index (χ4n) is 5.33. The lowest BCUT2D eigenvalue weighted by Gasteiger charge is -2.35. The zero-order chi connectivity index (χ0) is 24.9. The van der Waals surface area contributed by atoms with Crippen molar-refractivity contribution in [3.05, 3.63) is 53.1 Å². The highest BCUT2D eigenvalue weighted by Crippen LogP contribution is 2.31. The molecule has 0 radical (unpaired) electrons. The van der Waals surface area contributed by atoms with E-state index in [0.717, 1.165) is 49.6 Å². The Morgan fingerprint density at radius 1 is 0.857 bits per heavy atom. The van der Waals surface area contributed by atoms with E-state index in [9.17, 15) is 0 Å². The van der Waals surface area contributed by atoms with Gasteiger partial charge in [-0.15, -0.1) is 0 Å². The van der Waals surface area contributed by atoms with Gasteiger partial charge in [-0.3, -0.25) is 0 Å². The summed E-state index contributed by atoms with van der Waals surface area (Å²) in [4.78, 5) is 2.75. The molecule has 0 heterocycles. The van der Waals surface area contributed by atoms with E-state index in [4.69, 9.17) is 14.2 Å². The molecule has 2 aromatic rings. The summed E-state index contributed by atoms with van der Waals surface area (Å²) in [6, 6.07) is 13.4. The normalized spacial score (nSPS) is 15.2. The van der Waals surface area contributed by atoms with Gasteiger partial charge in [0.05, 0.1) is 21.3 Å². The Kier molecular flexibility index (Phi) is 11.7. The third kappa shape index (κ3) is 8.15. The number of nitrogens with zero attached hydrogens (tertiary/aromatic N) is 1. The maximum atomic E-state index is 5.59. The first kappa shape index (κ1) is 27.3. The second kappa shape index (κ2) is 15.0. The molecular formula is C30H46N2O3. The van der Waals surface area contributed by atoms with Gasteiger partial charge in [-0.25, -0.2) is 0 Å². The molecule has 1 unspecified atom stereocenters. The van der Waals surface area contributed by atoms with Gasteiger partial charge < -0.3 is 24.4 Å². The predicted octanol–water partition coefficient (Wildman–Crippen LogP) is 5.67. The number of hydrogen-bond donors (Lipinski definition) is 1. The maximum absolute atomic E-state index is 5.59. The Bertz CT molecular complexity index is 886. The number of fused-ring (bicyclic) bond motifs is 1. The lowest BCUT2D eigenvalue weighted by molar-refractivity contribution is 0.175. The monoisotopic (exact) mass is 482 g/mol. The van der Waals surface area contributed by atoms with Crippen LogP contribution in [0.25, 0.3) is 0 Å². The molecule has 2 aromatic carbocycles. The molecule has 5 nitrogen and oxygen atoms in total. The van der Waals surface area contributed by atoms with Crippen molar-refractivity contribution < 1.29 is 14.2 Å². The van der Waals surface area contributed by atoms with Crippen molar-refractivity contribution in [2.24, 2.45) is 0 Å². The highest BCUT2D eigenvalue weighted by molar-refractivity contribution is 5.43. The van der Waals surface area contributed by atoms with Crippen LogP contribution in [0.4, 0.5) is 0 Å². The van der Waals surface area contributed by atoms with Gasteiger partial charge in [0.25, 0.3) is 0 Å². The zero-order valence-corrected chi connectivity index (χ0v) is 22.4. The highest BCUT2D eigenvalue weighted by Gasteiger charge is 2.25. The van der Waals surface area contributed by atoms with Crippen molar-refractivity contribution in [1.29, 1.82) is 0 Å². The quantitative estimate of drug-likeness (QED) is 0.312. The van der Waals surface area contributed by atoms with Crippen molar-refractivity contribution in [3.63, 3.8) is 0 Å². The van der Waals surface area contributed by atoms with E-state index in [-0.39, 0.29) is 0 Å². The Labute approximate surface area is 213 Å². The third-order valence-electron chi connectivity index (χ3n) is 7.25. The van der Waals surface area contributed by atoms with Crippen LogP contribution in [0.15, 0.2) is 36.4 Å². The van der Waals surface area contributed by atoms with Crippen LogP contribution in [-0.2, 0) is 19.3 Å². The second-order valence-electron chi connectivity index (χ2n) is 9.63. The number of hydrogen-bond acceptors (Lipinski definition) is 5. The van der Waals surface area contributed by atoms with Crippen LogP contribution in [-0.4, -0.2) is 58.5 Å². The van der Waals surface area contributed by atoms with Gasteiger partial charge in [-0.05, 0) is 106 Å². The number of ether oxygens (including phenoxy) is 3. The van der Waals surface area contributed by atoms with Crippen LogP contribution in [0.3, 0.4) is 0 Å². The molecule has 35 heavy (non-hydrogen) atoms. The van der Waals surface area contributed by atoms with Gasteiger partial charge in [0.2, 0.25) is 0 Å². The lowest BCUT2D eigenvalue weighted by atomic mass is 9.86. The molecule has 1 aliphatic rings. The molecule has 5 heteroatoms. The Morgan fingerprint density at radius 2 is 1.66 bits per heavy atom. The van der Waals surface area contributed by atoms with Gasteiger partial charge in [0, 0.05) is 6.04 Å². The molecule has 1 atom stereocenters. The summed E-state index contributed by atoms with van der Waals surface area (Å²) in [5.41, 5.74) is 4.19. The minimum Gasteiger partial charge on any atom is -0.496 e. The summed E-state index contributed by atoms with van der Waals surface area (Å²) in [5, 5.41) is 3.60. The fraction of sp³-hybridized carbons (Fsp3) is 0.600. The Balaban J connectivity index is 1.30. The molecule has 0 bridgehead atoms. The van der Waals surface area contributed by atoms with E-state index in [1.54, 1.807) is 21.3 Å². The zero-order valence-electron chi connectivity index (χ0n) is 22.4. The smallest absolute Gasteiger partial charge is 0.160 e. The van der Waals surface area contributed by atoms with Crippen LogP contribution < -0.4 is 19.5 Å². The summed E-state index contributed by atoms with van der Waals surface area (Å²) in [7, 11) is 5.15. The molecule has 194 valence electrons. The molecule has 1 aliphatic carbocycles. The molecule has 1 N–H and O–H groups in total. The van der Waals surface area contributed by atoms with Crippen LogP contribution in [0.1, 0.15) is 62.1 Å². The van der Waals surface area contributed by atoms with Gasteiger partial charge in [0.1, 0.15) is 5.75 Å². The van der Waals surface area contributed by atoms with Gasteiger partial charge >= 0.3 is 0 Å². The highest BCUT2D eigenvalue weighted by atomic mass is 16.5. The molecule has 0 aromatic heterocycles. The summed E-state index contributed by atoms with van der Waals surface area (Å²) in [5.74, 6) is 2.66.